The number of rotatable bonds is 4. The van der Waals surface area contributed by atoms with E-state index < -0.39 is 29.3 Å². The summed E-state index contributed by atoms with van der Waals surface area (Å²) in [5, 5.41) is 11.2. The number of benzene rings is 2. The molecule has 1 aliphatic rings. The van der Waals surface area contributed by atoms with Gasteiger partial charge >= 0.3 is 0 Å². The molecule has 1 saturated heterocycles. The lowest BCUT2D eigenvalue weighted by molar-refractivity contribution is -0.132. The van der Waals surface area contributed by atoms with Crippen LogP contribution in [0.15, 0.2) is 66.5 Å². The predicted molar refractivity (Wildman–Crippen MR) is 118 cm³/mol. The molecule has 0 radical (unpaired) electrons. The molecule has 1 aromatic heterocycles. The Morgan fingerprint density at radius 1 is 1.09 bits per heavy atom. The van der Waals surface area contributed by atoms with Gasteiger partial charge in [0.25, 0.3) is 11.7 Å². The van der Waals surface area contributed by atoms with Crippen molar-refractivity contribution in [1.29, 1.82) is 0 Å². The van der Waals surface area contributed by atoms with Gasteiger partial charge in [0, 0.05) is 18.1 Å². The lowest BCUT2D eigenvalue weighted by Crippen LogP contribution is -2.29. The molecule has 1 atom stereocenters. The quantitative estimate of drug-likeness (QED) is 0.374. The van der Waals surface area contributed by atoms with Crippen molar-refractivity contribution in [2.24, 2.45) is 0 Å². The zero-order chi connectivity index (χ0) is 23.0. The smallest absolute Gasteiger partial charge is 0.300 e. The van der Waals surface area contributed by atoms with Crippen LogP contribution in [-0.4, -0.2) is 28.9 Å². The Morgan fingerprint density at radius 3 is 2.44 bits per heavy atom. The standard InChI is InChI=1S/C25H21FN2O4/c1-14-9-15(2)11-18(10-14)28-22(16-5-4-8-27-13-16)21(24(30)25(28)31)23(29)19-12-17(26)6-7-20(19)32-3/h4-13,22,29H,1-3H3/b23-21+. The highest BCUT2D eigenvalue weighted by Gasteiger charge is 2.47. The van der Waals surface area contributed by atoms with E-state index in [1.54, 1.807) is 30.5 Å². The van der Waals surface area contributed by atoms with Crippen LogP contribution in [0.25, 0.3) is 5.76 Å². The molecule has 2 heterocycles. The summed E-state index contributed by atoms with van der Waals surface area (Å²) in [5.41, 5.74) is 2.70. The highest BCUT2D eigenvalue weighted by molar-refractivity contribution is 6.51. The molecule has 7 heteroatoms. The van der Waals surface area contributed by atoms with Crippen LogP contribution in [0.5, 0.6) is 5.75 Å². The van der Waals surface area contributed by atoms with E-state index in [1.807, 2.05) is 19.9 Å². The first kappa shape index (κ1) is 21.2. The summed E-state index contributed by atoms with van der Waals surface area (Å²) in [6, 6.07) is 11.6. The van der Waals surface area contributed by atoms with E-state index >= 15 is 0 Å². The van der Waals surface area contributed by atoms with Gasteiger partial charge in [0.1, 0.15) is 17.3 Å². The molecule has 1 aliphatic heterocycles. The van der Waals surface area contributed by atoms with Crippen LogP contribution >= 0.6 is 0 Å². The number of carbonyl (C=O) groups excluding carboxylic acids is 2. The van der Waals surface area contributed by atoms with E-state index in [1.165, 1.54) is 30.3 Å². The fourth-order valence-electron chi connectivity index (χ4n) is 4.05. The summed E-state index contributed by atoms with van der Waals surface area (Å²) in [6.45, 7) is 3.79. The number of methoxy groups -OCH3 is 1. The number of pyridine rings is 1. The molecule has 0 aliphatic carbocycles. The van der Waals surface area contributed by atoms with Crippen molar-refractivity contribution in [2.45, 2.75) is 19.9 Å². The van der Waals surface area contributed by atoms with Gasteiger partial charge in [-0.15, -0.1) is 0 Å². The second-order valence-corrected chi connectivity index (χ2v) is 7.65. The first-order valence-corrected chi connectivity index (χ1v) is 9.95. The monoisotopic (exact) mass is 432 g/mol. The minimum Gasteiger partial charge on any atom is -0.507 e. The predicted octanol–water partition coefficient (Wildman–Crippen LogP) is 4.47. The Labute approximate surface area is 184 Å². The molecule has 4 rings (SSSR count). The van der Waals surface area contributed by atoms with Gasteiger partial charge in [-0.3, -0.25) is 19.5 Å². The normalized spacial score (nSPS) is 17.6. The number of halogens is 1. The van der Waals surface area contributed by atoms with Crippen LogP contribution in [0.3, 0.4) is 0 Å². The number of hydrogen-bond donors (Lipinski definition) is 1. The van der Waals surface area contributed by atoms with Gasteiger partial charge in [-0.2, -0.15) is 0 Å². The first-order valence-electron chi connectivity index (χ1n) is 9.95. The van der Waals surface area contributed by atoms with Crippen molar-refractivity contribution in [1.82, 2.24) is 4.98 Å². The summed E-state index contributed by atoms with van der Waals surface area (Å²) in [7, 11) is 1.37. The van der Waals surface area contributed by atoms with E-state index in [9.17, 15) is 19.1 Å². The summed E-state index contributed by atoms with van der Waals surface area (Å²) in [5.74, 6) is -2.62. The average Bonchev–Trinajstić information content (AvgIpc) is 3.04. The van der Waals surface area contributed by atoms with E-state index in [-0.39, 0.29) is 16.9 Å². The van der Waals surface area contributed by atoms with E-state index in [2.05, 4.69) is 4.98 Å². The molecule has 1 N–H and O–H groups in total. The van der Waals surface area contributed by atoms with E-state index in [4.69, 9.17) is 4.74 Å². The SMILES string of the molecule is COc1ccc(F)cc1/C(O)=C1\C(=O)C(=O)N(c2cc(C)cc(C)c2)C1c1cccnc1. The zero-order valence-electron chi connectivity index (χ0n) is 17.8. The highest BCUT2D eigenvalue weighted by atomic mass is 19.1. The summed E-state index contributed by atoms with van der Waals surface area (Å²) in [6.07, 6.45) is 3.10. The Bertz CT molecular complexity index is 1230. The van der Waals surface area contributed by atoms with Crippen LogP contribution in [0.2, 0.25) is 0 Å². The van der Waals surface area contributed by atoms with Gasteiger partial charge in [-0.1, -0.05) is 12.1 Å². The molecule has 1 amide bonds. The number of aliphatic hydroxyl groups is 1. The molecule has 2 aromatic carbocycles. The van der Waals surface area contributed by atoms with Gasteiger partial charge < -0.3 is 9.84 Å². The average molecular weight is 432 g/mol. The van der Waals surface area contributed by atoms with Crippen molar-refractivity contribution < 1.29 is 23.8 Å². The number of ketones is 1. The van der Waals surface area contributed by atoms with Gasteiger partial charge in [0.2, 0.25) is 0 Å². The van der Waals surface area contributed by atoms with Crippen LogP contribution in [0.1, 0.15) is 28.3 Å². The summed E-state index contributed by atoms with van der Waals surface area (Å²) in [4.78, 5) is 31.8. The Hall–Kier alpha value is -4.00. The fraction of sp³-hybridized carbons (Fsp3) is 0.160. The van der Waals surface area contributed by atoms with Crippen molar-refractivity contribution in [2.75, 3.05) is 12.0 Å². The minimum absolute atomic E-state index is 0.0141. The molecule has 0 saturated carbocycles. The number of Topliss-reactive ketones (excluding diaryl/α,β-unsaturated/α-hetero) is 1. The maximum Gasteiger partial charge on any atom is 0.300 e. The van der Waals surface area contributed by atoms with Gasteiger partial charge in [0.15, 0.2) is 0 Å². The summed E-state index contributed by atoms with van der Waals surface area (Å²) >= 11 is 0. The van der Waals surface area contributed by atoms with Crippen molar-refractivity contribution in [3.63, 3.8) is 0 Å². The number of aryl methyl sites for hydroxylation is 2. The van der Waals surface area contributed by atoms with Crippen molar-refractivity contribution in [3.05, 3.63) is 94.6 Å². The highest BCUT2D eigenvalue weighted by Crippen LogP contribution is 2.43. The van der Waals surface area contributed by atoms with Gasteiger partial charge in [0.05, 0.1) is 24.3 Å². The Kier molecular flexibility index (Phi) is 5.48. The number of amides is 1. The lowest BCUT2D eigenvalue weighted by atomic mass is 9.95. The Morgan fingerprint density at radius 2 is 1.81 bits per heavy atom. The second kappa shape index (κ2) is 8.26. The molecular formula is C25H21FN2O4. The van der Waals surface area contributed by atoms with Crippen LogP contribution in [0.4, 0.5) is 10.1 Å². The third-order valence-electron chi connectivity index (χ3n) is 5.35. The third-order valence-corrected chi connectivity index (χ3v) is 5.35. The van der Waals surface area contributed by atoms with Crippen LogP contribution < -0.4 is 9.64 Å². The molecular weight excluding hydrogens is 411 g/mol. The molecule has 32 heavy (non-hydrogen) atoms. The number of nitrogens with zero attached hydrogens (tertiary/aromatic N) is 2. The second-order valence-electron chi connectivity index (χ2n) is 7.65. The number of carbonyl (C=O) groups is 2. The number of aromatic nitrogens is 1. The number of aliphatic hydroxyl groups excluding tert-OH is 1. The van der Waals surface area contributed by atoms with Gasteiger partial charge in [-0.05, 0) is 66.9 Å². The fourth-order valence-corrected chi connectivity index (χ4v) is 4.05. The number of hydrogen-bond acceptors (Lipinski definition) is 5. The van der Waals surface area contributed by atoms with Crippen molar-refractivity contribution >= 4 is 23.1 Å². The maximum atomic E-state index is 14.0. The van der Waals surface area contributed by atoms with E-state index in [0.29, 0.717) is 11.3 Å². The maximum absolute atomic E-state index is 14.0. The number of anilines is 1. The topological polar surface area (TPSA) is 79.7 Å². The molecule has 0 spiro atoms. The molecule has 1 unspecified atom stereocenters. The third kappa shape index (κ3) is 3.62. The number of ether oxygens (including phenoxy) is 1. The molecule has 162 valence electrons. The van der Waals surface area contributed by atoms with E-state index in [0.717, 1.165) is 17.2 Å². The molecule has 6 nitrogen and oxygen atoms in total. The zero-order valence-corrected chi connectivity index (χ0v) is 17.8. The molecule has 3 aromatic rings. The molecule has 1 fully saturated rings. The first-order chi connectivity index (χ1) is 15.3. The Balaban J connectivity index is 2.00. The van der Waals surface area contributed by atoms with Crippen LogP contribution in [-0.2, 0) is 9.59 Å². The molecule has 0 bridgehead atoms. The van der Waals surface area contributed by atoms with Crippen LogP contribution in [0, 0.1) is 19.7 Å². The minimum atomic E-state index is -0.946. The summed E-state index contributed by atoms with van der Waals surface area (Å²) < 4.78 is 19.2. The van der Waals surface area contributed by atoms with Crippen molar-refractivity contribution in [3.8, 4) is 5.75 Å². The largest absolute Gasteiger partial charge is 0.507 e. The van der Waals surface area contributed by atoms with Gasteiger partial charge in [-0.25, -0.2) is 4.39 Å². The lowest BCUT2D eigenvalue weighted by Gasteiger charge is -2.26.